The average Bonchev–Trinajstić information content (AvgIpc) is 2.88. The number of carbonyl (C=O) groups is 2. The first-order valence-electron chi connectivity index (χ1n) is 9.47. The first kappa shape index (κ1) is 20.2. The molecular weight excluding hydrogens is 402 g/mol. The van der Waals surface area contributed by atoms with E-state index in [0.29, 0.717) is 11.4 Å². The molecule has 156 valence electrons. The van der Waals surface area contributed by atoms with E-state index in [-0.39, 0.29) is 5.69 Å². The summed E-state index contributed by atoms with van der Waals surface area (Å²) in [6.07, 6.45) is -1.27. The highest BCUT2D eigenvalue weighted by Gasteiger charge is 2.31. The lowest BCUT2D eigenvalue weighted by Gasteiger charge is -2.21. The maximum absolute atomic E-state index is 13.9. The Morgan fingerprint density at radius 1 is 1.00 bits per heavy atom. The van der Waals surface area contributed by atoms with Gasteiger partial charge in [-0.3, -0.25) is 4.79 Å². The van der Waals surface area contributed by atoms with Crippen LogP contribution in [0.3, 0.4) is 0 Å². The van der Waals surface area contributed by atoms with Crippen LogP contribution in [0.15, 0.2) is 77.8 Å². The molecular formula is C23H18F2N4O2. The van der Waals surface area contributed by atoms with E-state index < -0.39 is 29.7 Å². The summed E-state index contributed by atoms with van der Waals surface area (Å²) >= 11 is 0. The summed E-state index contributed by atoms with van der Waals surface area (Å²) < 4.78 is 27.3. The van der Waals surface area contributed by atoms with Crippen molar-refractivity contribution in [3.8, 4) is 0 Å². The number of carbonyl (C=O) groups excluding carboxylic acids is 2. The van der Waals surface area contributed by atoms with Crippen molar-refractivity contribution < 1.29 is 18.4 Å². The number of nitrogens with zero attached hydrogens (tertiary/aromatic N) is 2. The van der Waals surface area contributed by atoms with Gasteiger partial charge in [0.15, 0.2) is 0 Å². The number of hydrogen-bond acceptors (Lipinski definition) is 3. The van der Waals surface area contributed by atoms with Crippen LogP contribution in [0.1, 0.15) is 11.1 Å². The molecule has 0 aromatic heterocycles. The first-order valence-corrected chi connectivity index (χ1v) is 9.47. The normalized spacial score (nSPS) is 15.6. The van der Waals surface area contributed by atoms with Gasteiger partial charge >= 0.3 is 6.03 Å². The van der Waals surface area contributed by atoms with Crippen LogP contribution in [-0.4, -0.2) is 30.9 Å². The van der Waals surface area contributed by atoms with Crippen molar-refractivity contribution in [3.05, 3.63) is 95.6 Å². The van der Waals surface area contributed by atoms with Crippen LogP contribution >= 0.6 is 0 Å². The molecule has 3 aromatic carbocycles. The Hall–Kier alpha value is -4.07. The third kappa shape index (κ3) is 4.13. The van der Waals surface area contributed by atoms with E-state index >= 15 is 0 Å². The standard InChI is InChI=1S/C23H18F2N4O2/c1-29-19-10-6-5-9-16(19)20(14-7-3-2-4-8-14)27-21(22(29)30)28-23(31)26-18-13-15(24)11-12-17(18)25/h2-13,21H,1H3,(H2,26,28,31)/t21-/m1/s1. The van der Waals surface area contributed by atoms with E-state index in [0.717, 1.165) is 29.3 Å². The van der Waals surface area contributed by atoms with Gasteiger partial charge in [-0.05, 0) is 18.2 Å². The summed E-state index contributed by atoms with van der Waals surface area (Å²) in [7, 11) is 1.59. The maximum Gasteiger partial charge on any atom is 0.321 e. The van der Waals surface area contributed by atoms with Crippen molar-refractivity contribution in [2.24, 2.45) is 4.99 Å². The summed E-state index contributed by atoms with van der Waals surface area (Å²) in [5, 5.41) is 4.68. The smallest absolute Gasteiger partial charge is 0.311 e. The van der Waals surface area contributed by atoms with E-state index in [1.165, 1.54) is 4.90 Å². The van der Waals surface area contributed by atoms with Crippen LogP contribution in [0.5, 0.6) is 0 Å². The molecule has 0 spiro atoms. The molecule has 1 heterocycles. The molecule has 3 aromatic rings. The number of benzodiazepines with no additional fused rings is 1. The quantitative estimate of drug-likeness (QED) is 0.674. The van der Waals surface area contributed by atoms with Gasteiger partial charge in [0.05, 0.1) is 17.1 Å². The lowest BCUT2D eigenvalue weighted by molar-refractivity contribution is -0.119. The second-order valence-corrected chi connectivity index (χ2v) is 6.88. The Balaban J connectivity index is 1.69. The molecule has 0 unspecified atom stereocenters. The van der Waals surface area contributed by atoms with Crippen LogP contribution in [0.25, 0.3) is 0 Å². The highest BCUT2D eigenvalue weighted by atomic mass is 19.1. The SMILES string of the molecule is CN1C(=O)[C@@H](NC(=O)Nc2cc(F)ccc2F)N=C(c2ccccc2)c2ccccc21. The number of rotatable bonds is 3. The molecule has 6 nitrogen and oxygen atoms in total. The van der Waals surface area contributed by atoms with Gasteiger partial charge in [-0.1, -0.05) is 48.5 Å². The zero-order valence-corrected chi connectivity index (χ0v) is 16.5. The summed E-state index contributed by atoms with van der Waals surface area (Å²) in [6.45, 7) is 0. The largest absolute Gasteiger partial charge is 0.321 e. The monoisotopic (exact) mass is 420 g/mol. The minimum Gasteiger partial charge on any atom is -0.311 e. The molecule has 0 saturated carbocycles. The molecule has 31 heavy (non-hydrogen) atoms. The summed E-state index contributed by atoms with van der Waals surface area (Å²) in [6, 6.07) is 18.3. The van der Waals surface area contributed by atoms with Gasteiger partial charge in [0, 0.05) is 24.2 Å². The molecule has 3 amide bonds. The van der Waals surface area contributed by atoms with Gasteiger partial charge < -0.3 is 15.5 Å². The van der Waals surface area contributed by atoms with E-state index in [9.17, 15) is 18.4 Å². The van der Waals surface area contributed by atoms with Crippen LogP contribution in [-0.2, 0) is 4.79 Å². The summed E-state index contributed by atoms with van der Waals surface area (Å²) in [4.78, 5) is 31.4. The highest BCUT2D eigenvalue weighted by molar-refractivity contribution is 6.20. The molecule has 0 bridgehead atoms. The zero-order chi connectivity index (χ0) is 22.0. The molecule has 4 rings (SSSR count). The van der Waals surface area contributed by atoms with Gasteiger partial charge in [0.1, 0.15) is 11.6 Å². The van der Waals surface area contributed by atoms with Crippen LogP contribution < -0.4 is 15.5 Å². The predicted octanol–water partition coefficient (Wildman–Crippen LogP) is 3.93. The number of nitrogens with one attached hydrogen (secondary N) is 2. The van der Waals surface area contributed by atoms with Crippen molar-refractivity contribution in [1.29, 1.82) is 0 Å². The maximum atomic E-state index is 13.9. The molecule has 0 fully saturated rings. The van der Waals surface area contributed by atoms with Gasteiger partial charge in [0.25, 0.3) is 5.91 Å². The Kier molecular flexibility index (Phi) is 5.44. The van der Waals surface area contributed by atoms with Crippen molar-refractivity contribution in [3.63, 3.8) is 0 Å². The number of likely N-dealkylation sites (N-methyl/N-ethyl adjacent to an activating group) is 1. The van der Waals surface area contributed by atoms with Gasteiger partial charge in [0.2, 0.25) is 6.17 Å². The number of fused-ring (bicyclic) bond motifs is 1. The second kappa shape index (κ2) is 8.35. The number of anilines is 2. The van der Waals surface area contributed by atoms with E-state index in [1.54, 1.807) is 19.2 Å². The summed E-state index contributed by atoms with van der Waals surface area (Å²) in [5.41, 5.74) is 2.31. The molecule has 2 N–H and O–H groups in total. The third-order valence-electron chi connectivity index (χ3n) is 4.83. The highest BCUT2D eigenvalue weighted by Crippen LogP contribution is 2.27. The third-order valence-corrected chi connectivity index (χ3v) is 4.83. The number of urea groups is 1. The van der Waals surface area contributed by atoms with Crippen molar-refractivity contribution in [2.75, 3.05) is 17.3 Å². The number of aliphatic imine (C=N–C) groups is 1. The Labute approximate surface area is 177 Å². The minimum absolute atomic E-state index is 0.345. The molecule has 0 radical (unpaired) electrons. The fraction of sp³-hybridized carbons (Fsp3) is 0.0870. The average molecular weight is 420 g/mol. The molecule has 0 saturated heterocycles. The number of halogens is 2. The fourth-order valence-electron chi connectivity index (χ4n) is 3.32. The number of para-hydroxylation sites is 1. The number of amides is 3. The molecule has 1 aliphatic rings. The first-order chi connectivity index (χ1) is 14.9. The van der Waals surface area contributed by atoms with E-state index in [4.69, 9.17) is 0 Å². The van der Waals surface area contributed by atoms with Crippen LogP contribution in [0.4, 0.5) is 25.0 Å². The van der Waals surface area contributed by atoms with Crippen molar-refractivity contribution in [1.82, 2.24) is 5.32 Å². The minimum atomic E-state index is -1.27. The van der Waals surface area contributed by atoms with Gasteiger partial charge in [-0.15, -0.1) is 0 Å². The van der Waals surface area contributed by atoms with Crippen LogP contribution in [0.2, 0.25) is 0 Å². The lowest BCUT2D eigenvalue weighted by Crippen LogP contribution is -2.47. The Bertz CT molecular complexity index is 1180. The molecule has 1 atom stereocenters. The number of hydrogen-bond donors (Lipinski definition) is 2. The molecule has 8 heteroatoms. The summed E-state index contributed by atoms with van der Waals surface area (Å²) in [5.74, 6) is -1.99. The zero-order valence-electron chi connectivity index (χ0n) is 16.5. The Morgan fingerprint density at radius 3 is 2.48 bits per heavy atom. The molecule has 1 aliphatic heterocycles. The molecule has 0 aliphatic carbocycles. The van der Waals surface area contributed by atoms with Crippen molar-refractivity contribution >= 4 is 29.0 Å². The fourth-order valence-corrected chi connectivity index (χ4v) is 3.32. The van der Waals surface area contributed by atoms with E-state index in [2.05, 4.69) is 15.6 Å². The van der Waals surface area contributed by atoms with Crippen LogP contribution in [0, 0.1) is 11.6 Å². The Morgan fingerprint density at radius 2 is 1.71 bits per heavy atom. The second-order valence-electron chi connectivity index (χ2n) is 6.88. The number of benzene rings is 3. The van der Waals surface area contributed by atoms with E-state index in [1.807, 2.05) is 42.5 Å². The van der Waals surface area contributed by atoms with Crippen molar-refractivity contribution in [2.45, 2.75) is 6.17 Å². The topological polar surface area (TPSA) is 73.8 Å². The predicted molar refractivity (Wildman–Crippen MR) is 114 cm³/mol. The van der Waals surface area contributed by atoms with Gasteiger partial charge in [-0.2, -0.15) is 0 Å². The van der Waals surface area contributed by atoms with Gasteiger partial charge in [-0.25, -0.2) is 18.6 Å². The lowest BCUT2D eigenvalue weighted by atomic mass is 10.0.